The lowest BCUT2D eigenvalue weighted by atomic mass is 10.1. The molecule has 0 radical (unpaired) electrons. The van der Waals surface area contributed by atoms with E-state index in [9.17, 15) is 0 Å². The van der Waals surface area contributed by atoms with Crippen molar-refractivity contribution in [3.8, 4) is 0 Å². The molecule has 1 aliphatic rings. The maximum absolute atomic E-state index is 5.39. The van der Waals surface area contributed by atoms with E-state index in [2.05, 4.69) is 6.92 Å². The summed E-state index contributed by atoms with van der Waals surface area (Å²) in [5.74, 6) is 0.487. The Morgan fingerprint density at radius 1 is 1.45 bits per heavy atom. The summed E-state index contributed by atoms with van der Waals surface area (Å²) in [4.78, 5) is 0. The standard InChI is InChI=1S/C8H17NO2/c1-7(3-2-4-9)8-10-5-6-11-8/h7-8H,2-6,9H2,1H3. The first kappa shape index (κ1) is 8.97. The lowest BCUT2D eigenvalue weighted by Gasteiger charge is -2.16. The molecule has 0 amide bonds. The highest BCUT2D eigenvalue weighted by Crippen LogP contribution is 2.18. The maximum Gasteiger partial charge on any atom is 0.160 e. The summed E-state index contributed by atoms with van der Waals surface area (Å²) < 4.78 is 10.7. The number of ether oxygens (including phenoxy) is 2. The Balaban J connectivity index is 2.12. The van der Waals surface area contributed by atoms with E-state index in [1.807, 2.05) is 0 Å². The van der Waals surface area contributed by atoms with E-state index in [-0.39, 0.29) is 6.29 Å². The van der Waals surface area contributed by atoms with Crippen LogP contribution < -0.4 is 5.73 Å². The lowest BCUT2D eigenvalue weighted by molar-refractivity contribution is -0.0804. The van der Waals surface area contributed by atoms with E-state index < -0.39 is 0 Å². The Morgan fingerprint density at radius 2 is 2.09 bits per heavy atom. The van der Waals surface area contributed by atoms with Crippen LogP contribution in [0.2, 0.25) is 0 Å². The van der Waals surface area contributed by atoms with Crippen molar-refractivity contribution in [3.05, 3.63) is 0 Å². The van der Waals surface area contributed by atoms with Crippen molar-refractivity contribution in [2.24, 2.45) is 11.7 Å². The van der Waals surface area contributed by atoms with E-state index in [1.165, 1.54) is 0 Å². The lowest BCUT2D eigenvalue weighted by Crippen LogP contribution is -2.19. The third-order valence-electron chi connectivity index (χ3n) is 1.98. The monoisotopic (exact) mass is 159 g/mol. The second-order valence-corrected chi connectivity index (χ2v) is 3.02. The predicted octanol–water partition coefficient (Wildman–Crippen LogP) is 0.734. The van der Waals surface area contributed by atoms with Crippen LogP contribution in [0.5, 0.6) is 0 Å². The van der Waals surface area contributed by atoms with Crippen molar-refractivity contribution in [1.82, 2.24) is 0 Å². The fourth-order valence-electron chi connectivity index (χ4n) is 1.28. The van der Waals surface area contributed by atoms with Crippen molar-refractivity contribution < 1.29 is 9.47 Å². The molecule has 1 fully saturated rings. The first-order valence-corrected chi connectivity index (χ1v) is 4.28. The fraction of sp³-hybridized carbons (Fsp3) is 1.00. The molecule has 1 saturated heterocycles. The van der Waals surface area contributed by atoms with Crippen molar-refractivity contribution in [1.29, 1.82) is 0 Å². The third kappa shape index (κ3) is 2.77. The normalized spacial score (nSPS) is 22.4. The molecule has 1 unspecified atom stereocenters. The number of hydrogen-bond donors (Lipinski definition) is 1. The Bertz CT molecular complexity index is 102. The van der Waals surface area contributed by atoms with Gasteiger partial charge >= 0.3 is 0 Å². The minimum absolute atomic E-state index is 0.0292. The summed E-state index contributed by atoms with van der Waals surface area (Å²) in [6.45, 7) is 4.40. The summed E-state index contributed by atoms with van der Waals surface area (Å²) in [7, 11) is 0. The first-order valence-electron chi connectivity index (χ1n) is 4.28. The molecule has 1 rings (SSSR count). The molecule has 0 bridgehead atoms. The largest absolute Gasteiger partial charge is 0.350 e. The van der Waals surface area contributed by atoms with E-state index >= 15 is 0 Å². The van der Waals surface area contributed by atoms with Gasteiger partial charge in [-0.3, -0.25) is 0 Å². The molecule has 1 heterocycles. The smallest absolute Gasteiger partial charge is 0.160 e. The van der Waals surface area contributed by atoms with Crippen LogP contribution in [0.4, 0.5) is 0 Å². The van der Waals surface area contributed by atoms with Gasteiger partial charge in [-0.25, -0.2) is 0 Å². The topological polar surface area (TPSA) is 44.5 Å². The molecule has 0 aromatic heterocycles. The Morgan fingerprint density at radius 3 is 2.64 bits per heavy atom. The van der Waals surface area contributed by atoms with Crippen LogP contribution in [-0.4, -0.2) is 26.0 Å². The van der Waals surface area contributed by atoms with Crippen LogP contribution in [0.15, 0.2) is 0 Å². The summed E-state index contributed by atoms with van der Waals surface area (Å²) in [5, 5.41) is 0. The van der Waals surface area contributed by atoms with Gasteiger partial charge in [-0.1, -0.05) is 6.92 Å². The van der Waals surface area contributed by atoms with Crippen molar-refractivity contribution in [2.45, 2.75) is 26.1 Å². The molecule has 11 heavy (non-hydrogen) atoms. The Kier molecular flexibility index (Phi) is 3.83. The SMILES string of the molecule is CC(CCCN)C1OCCO1. The van der Waals surface area contributed by atoms with Gasteiger partial charge in [0.25, 0.3) is 0 Å². The highest BCUT2D eigenvalue weighted by molar-refractivity contribution is 4.61. The van der Waals surface area contributed by atoms with Gasteiger partial charge in [0.05, 0.1) is 13.2 Å². The minimum Gasteiger partial charge on any atom is -0.350 e. The van der Waals surface area contributed by atoms with Gasteiger partial charge in [0.1, 0.15) is 0 Å². The van der Waals surface area contributed by atoms with Gasteiger partial charge in [0, 0.05) is 5.92 Å². The molecule has 1 aliphatic heterocycles. The first-order chi connectivity index (χ1) is 5.34. The zero-order chi connectivity index (χ0) is 8.10. The molecule has 1 atom stereocenters. The van der Waals surface area contributed by atoms with Gasteiger partial charge in [-0.2, -0.15) is 0 Å². The highest BCUT2D eigenvalue weighted by Gasteiger charge is 2.22. The molecule has 0 spiro atoms. The van der Waals surface area contributed by atoms with Crippen LogP contribution in [0.1, 0.15) is 19.8 Å². The summed E-state index contributed by atoms with van der Waals surface area (Å²) in [5.41, 5.74) is 5.39. The molecule has 3 nitrogen and oxygen atoms in total. The second-order valence-electron chi connectivity index (χ2n) is 3.02. The van der Waals surface area contributed by atoms with Crippen molar-refractivity contribution in [2.75, 3.05) is 19.8 Å². The molecule has 0 aromatic carbocycles. The highest BCUT2D eigenvalue weighted by atomic mass is 16.7. The fourth-order valence-corrected chi connectivity index (χ4v) is 1.28. The van der Waals surface area contributed by atoms with E-state index in [0.717, 1.165) is 32.6 Å². The maximum atomic E-state index is 5.39. The molecule has 3 heteroatoms. The van der Waals surface area contributed by atoms with E-state index in [0.29, 0.717) is 5.92 Å². The zero-order valence-electron chi connectivity index (χ0n) is 7.08. The van der Waals surface area contributed by atoms with Crippen LogP contribution in [0.3, 0.4) is 0 Å². The zero-order valence-corrected chi connectivity index (χ0v) is 7.08. The van der Waals surface area contributed by atoms with E-state index in [1.54, 1.807) is 0 Å². The van der Waals surface area contributed by atoms with Crippen LogP contribution >= 0.6 is 0 Å². The van der Waals surface area contributed by atoms with Gasteiger partial charge in [-0.05, 0) is 19.4 Å². The van der Waals surface area contributed by atoms with Crippen LogP contribution in [0, 0.1) is 5.92 Å². The van der Waals surface area contributed by atoms with Gasteiger partial charge in [-0.15, -0.1) is 0 Å². The molecule has 0 aromatic rings. The minimum atomic E-state index is 0.0292. The molecular formula is C8H17NO2. The quantitative estimate of drug-likeness (QED) is 0.657. The number of hydrogen-bond acceptors (Lipinski definition) is 3. The van der Waals surface area contributed by atoms with Crippen LogP contribution in [0.25, 0.3) is 0 Å². The predicted molar refractivity (Wildman–Crippen MR) is 43.1 cm³/mol. The van der Waals surface area contributed by atoms with Crippen LogP contribution in [-0.2, 0) is 9.47 Å². The Hall–Kier alpha value is -0.120. The molecule has 2 N–H and O–H groups in total. The summed E-state index contributed by atoms with van der Waals surface area (Å²) in [6, 6.07) is 0. The molecule has 66 valence electrons. The molecule has 0 aliphatic carbocycles. The second kappa shape index (κ2) is 4.70. The van der Waals surface area contributed by atoms with Crippen molar-refractivity contribution in [3.63, 3.8) is 0 Å². The molecule has 0 saturated carbocycles. The van der Waals surface area contributed by atoms with E-state index in [4.69, 9.17) is 15.2 Å². The van der Waals surface area contributed by atoms with Gasteiger partial charge < -0.3 is 15.2 Å². The summed E-state index contributed by atoms with van der Waals surface area (Å²) >= 11 is 0. The average Bonchev–Trinajstić information content (AvgIpc) is 2.52. The number of rotatable bonds is 4. The summed E-state index contributed by atoms with van der Waals surface area (Å²) in [6.07, 6.45) is 2.19. The van der Waals surface area contributed by atoms with Gasteiger partial charge in [0.2, 0.25) is 0 Å². The number of nitrogens with two attached hydrogens (primary N) is 1. The Labute approximate surface area is 67.9 Å². The molecular weight excluding hydrogens is 142 g/mol. The average molecular weight is 159 g/mol. The third-order valence-corrected chi connectivity index (χ3v) is 1.98. The van der Waals surface area contributed by atoms with Gasteiger partial charge in [0.15, 0.2) is 6.29 Å². The van der Waals surface area contributed by atoms with Crippen molar-refractivity contribution >= 4 is 0 Å².